The predicted molar refractivity (Wildman–Crippen MR) is 76.8 cm³/mol. The Morgan fingerprint density at radius 3 is 2.70 bits per heavy atom. The third-order valence-electron chi connectivity index (χ3n) is 3.14. The molecule has 0 saturated heterocycles. The van der Waals surface area contributed by atoms with Crippen molar-refractivity contribution in [2.75, 3.05) is 14.2 Å². The van der Waals surface area contributed by atoms with Crippen LogP contribution in [-0.2, 0) is 16.1 Å². The minimum atomic E-state index is 0.0301. The van der Waals surface area contributed by atoms with E-state index in [1.54, 1.807) is 26.4 Å². The highest BCUT2D eigenvalue weighted by atomic mass is 16.5. The van der Waals surface area contributed by atoms with Crippen LogP contribution in [0.15, 0.2) is 30.9 Å². The normalized spacial score (nSPS) is 14.6. The van der Waals surface area contributed by atoms with Gasteiger partial charge in [-0.2, -0.15) is 0 Å². The highest BCUT2D eigenvalue weighted by Crippen LogP contribution is 2.38. The van der Waals surface area contributed by atoms with Crippen LogP contribution >= 0.6 is 0 Å². The first-order valence-corrected chi connectivity index (χ1v) is 6.43. The average molecular weight is 274 g/mol. The third kappa shape index (κ3) is 2.85. The predicted octanol–water partition coefficient (Wildman–Crippen LogP) is 3.11. The Kier molecular flexibility index (Phi) is 4.45. The molecule has 1 aromatic rings. The number of hydrogen-bond donors (Lipinski definition) is 0. The van der Waals surface area contributed by atoms with E-state index >= 15 is 0 Å². The first-order valence-electron chi connectivity index (χ1n) is 6.43. The lowest BCUT2D eigenvalue weighted by atomic mass is 10.1. The lowest BCUT2D eigenvalue weighted by molar-refractivity contribution is -0.114. The molecule has 0 N–H and O–H groups in total. The molecule has 0 bridgehead atoms. The lowest BCUT2D eigenvalue weighted by Crippen LogP contribution is -1.95. The number of rotatable bonds is 6. The SMILES string of the molecule is C=CCCC(=O)/C=C1\OCc2cc(OC)c(OC)cc21. The molecule has 106 valence electrons. The summed E-state index contributed by atoms with van der Waals surface area (Å²) in [7, 11) is 3.17. The van der Waals surface area contributed by atoms with E-state index in [0.717, 1.165) is 11.1 Å². The molecule has 1 aromatic carbocycles. The number of ether oxygens (including phenoxy) is 3. The van der Waals surface area contributed by atoms with Crippen molar-refractivity contribution >= 4 is 11.5 Å². The average Bonchev–Trinajstić information content (AvgIpc) is 2.85. The molecule has 20 heavy (non-hydrogen) atoms. The molecular formula is C16H18O4. The van der Waals surface area contributed by atoms with Crippen LogP contribution in [0.5, 0.6) is 11.5 Å². The smallest absolute Gasteiger partial charge is 0.161 e. The summed E-state index contributed by atoms with van der Waals surface area (Å²) in [5.41, 5.74) is 1.88. The topological polar surface area (TPSA) is 44.8 Å². The van der Waals surface area contributed by atoms with E-state index in [1.807, 2.05) is 12.1 Å². The minimum absolute atomic E-state index is 0.0301. The van der Waals surface area contributed by atoms with Gasteiger partial charge >= 0.3 is 0 Å². The van der Waals surface area contributed by atoms with Crippen molar-refractivity contribution < 1.29 is 19.0 Å². The van der Waals surface area contributed by atoms with Gasteiger partial charge in [0.05, 0.1) is 14.2 Å². The zero-order valence-electron chi connectivity index (χ0n) is 11.8. The first-order chi connectivity index (χ1) is 9.69. The quantitative estimate of drug-likeness (QED) is 0.590. The fourth-order valence-electron chi connectivity index (χ4n) is 2.09. The molecule has 0 saturated carbocycles. The fraction of sp³-hybridized carbons (Fsp3) is 0.312. The van der Waals surface area contributed by atoms with Crippen molar-refractivity contribution in [3.05, 3.63) is 42.0 Å². The molecule has 0 aliphatic carbocycles. The summed E-state index contributed by atoms with van der Waals surface area (Å²) in [6.07, 6.45) is 4.38. The highest BCUT2D eigenvalue weighted by molar-refractivity contribution is 5.96. The summed E-state index contributed by atoms with van der Waals surface area (Å²) in [6.45, 7) is 4.05. The summed E-state index contributed by atoms with van der Waals surface area (Å²) in [5, 5.41) is 0. The Hall–Kier alpha value is -2.23. The van der Waals surface area contributed by atoms with Gasteiger partial charge < -0.3 is 14.2 Å². The molecule has 0 amide bonds. The standard InChI is InChI=1S/C16H18O4/c1-4-5-6-12(17)8-14-13-9-16(19-3)15(18-2)7-11(13)10-20-14/h4,7-9H,1,5-6,10H2,2-3H3/b14-8-. The first kappa shape index (κ1) is 14.2. The van der Waals surface area contributed by atoms with E-state index < -0.39 is 0 Å². The Labute approximate surface area is 118 Å². The molecule has 1 aliphatic rings. The third-order valence-corrected chi connectivity index (χ3v) is 3.14. The van der Waals surface area contributed by atoms with Crippen molar-refractivity contribution in [2.24, 2.45) is 0 Å². The number of allylic oxidation sites excluding steroid dienone is 2. The van der Waals surface area contributed by atoms with Crippen molar-refractivity contribution in [3.63, 3.8) is 0 Å². The second-order valence-corrected chi connectivity index (χ2v) is 4.46. The maximum absolute atomic E-state index is 11.8. The van der Waals surface area contributed by atoms with E-state index in [1.165, 1.54) is 0 Å². The zero-order chi connectivity index (χ0) is 14.5. The van der Waals surface area contributed by atoms with Gasteiger partial charge in [0.2, 0.25) is 0 Å². The number of benzene rings is 1. The molecule has 0 fully saturated rings. The van der Waals surface area contributed by atoms with E-state index in [4.69, 9.17) is 14.2 Å². The number of ketones is 1. The number of carbonyl (C=O) groups excluding carboxylic acids is 1. The van der Waals surface area contributed by atoms with Gasteiger partial charge in [-0.25, -0.2) is 0 Å². The van der Waals surface area contributed by atoms with Crippen LogP contribution in [0.2, 0.25) is 0 Å². The van der Waals surface area contributed by atoms with Crippen molar-refractivity contribution in [1.29, 1.82) is 0 Å². The summed E-state index contributed by atoms with van der Waals surface area (Å²) >= 11 is 0. The lowest BCUT2D eigenvalue weighted by Gasteiger charge is -2.09. The number of fused-ring (bicyclic) bond motifs is 1. The van der Waals surface area contributed by atoms with Crippen LogP contribution in [0, 0.1) is 0 Å². The highest BCUT2D eigenvalue weighted by Gasteiger charge is 2.22. The van der Waals surface area contributed by atoms with Crippen molar-refractivity contribution in [1.82, 2.24) is 0 Å². The second-order valence-electron chi connectivity index (χ2n) is 4.46. The molecular weight excluding hydrogens is 256 g/mol. The molecule has 0 unspecified atom stereocenters. The van der Waals surface area contributed by atoms with Gasteiger partial charge in [-0.3, -0.25) is 4.79 Å². The van der Waals surface area contributed by atoms with Crippen LogP contribution in [0.4, 0.5) is 0 Å². The Morgan fingerprint density at radius 1 is 1.35 bits per heavy atom. The molecule has 1 aliphatic heterocycles. The van der Waals surface area contributed by atoms with Gasteiger partial charge in [-0.05, 0) is 18.6 Å². The molecule has 0 spiro atoms. The van der Waals surface area contributed by atoms with Crippen LogP contribution in [0.3, 0.4) is 0 Å². The van der Waals surface area contributed by atoms with E-state index in [9.17, 15) is 4.79 Å². The number of methoxy groups -OCH3 is 2. The molecule has 0 radical (unpaired) electrons. The van der Waals surface area contributed by atoms with E-state index in [0.29, 0.717) is 36.7 Å². The van der Waals surface area contributed by atoms with Crippen LogP contribution in [0.1, 0.15) is 24.0 Å². The second kappa shape index (κ2) is 6.28. The number of hydrogen-bond acceptors (Lipinski definition) is 4. The minimum Gasteiger partial charge on any atom is -0.493 e. The molecule has 4 nitrogen and oxygen atoms in total. The van der Waals surface area contributed by atoms with Gasteiger partial charge in [0.15, 0.2) is 17.3 Å². The van der Waals surface area contributed by atoms with Crippen LogP contribution < -0.4 is 9.47 Å². The largest absolute Gasteiger partial charge is 0.493 e. The number of carbonyl (C=O) groups is 1. The summed E-state index contributed by atoms with van der Waals surface area (Å²) in [6, 6.07) is 3.72. The van der Waals surface area contributed by atoms with E-state index in [-0.39, 0.29) is 5.78 Å². The van der Waals surface area contributed by atoms with Gasteiger partial charge in [-0.15, -0.1) is 6.58 Å². The maximum Gasteiger partial charge on any atom is 0.161 e. The fourth-order valence-corrected chi connectivity index (χ4v) is 2.09. The van der Waals surface area contributed by atoms with Gasteiger partial charge in [0, 0.05) is 23.6 Å². The molecule has 1 heterocycles. The molecule has 0 aromatic heterocycles. The Morgan fingerprint density at radius 2 is 2.05 bits per heavy atom. The van der Waals surface area contributed by atoms with Crippen molar-refractivity contribution in [3.8, 4) is 11.5 Å². The summed E-state index contributed by atoms with van der Waals surface area (Å²) in [5.74, 6) is 1.91. The van der Waals surface area contributed by atoms with Gasteiger partial charge in [0.1, 0.15) is 12.4 Å². The monoisotopic (exact) mass is 274 g/mol. The Bertz CT molecular complexity index is 558. The summed E-state index contributed by atoms with van der Waals surface area (Å²) < 4.78 is 16.1. The zero-order valence-corrected chi connectivity index (χ0v) is 11.8. The molecule has 0 atom stereocenters. The molecule has 4 heteroatoms. The van der Waals surface area contributed by atoms with Crippen LogP contribution in [-0.4, -0.2) is 20.0 Å². The van der Waals surface area contributed by atoms with Crippen LogP contribution in [0.25, 0.3) is 5.76 Å². The van der Waals surface area contributed by atoms with Crippen molar-refractivity contribution in [2.45, 2.75) is 19.4 Å². The maximum atomic E-state index is 11.8. The van der Waals surface area contributed by atoms with E-state index in [2.05, 4.69) is 6.58 Å². The van der Waals surface area contributed by atoms with Gasteiger partial charge in [-0.1, -0.05) is 6.08 Å². The van der Waals surface area contributed by atoms with Gasteiger partial charge in [0.25, 0.3) is 0 Å². The summed E-state index contributed by atoms with van der Waals surface area (Å²) in [4.78, 5) is 11.8. The Balaban J connectivity index is 2.30. The molecule has 2 rings (SSSR count).